The fourth-order valence-corrected chi connectivity index (χ4v) is 2.39. The molecule has 0 saturated carbocycles. The Morgan fingerprint density at radius 2 is 1.95 bits per heavy atom. The molecule has 1 aromatic heterocycles. The fourth-order valence-electron chi connectivity index (χ4n) is 2.39. The fraction of sp³-hybridized carbons (Fsp3) is 0.600. The molecule has 0 aliphatic carbocycles. The number of rotatable bonds is 2. The highest BCUT2D eigenvalue weighted by atomic mass is 16.6. The number of amides is 1. The first-order valence-electron chi connectivity index (χ1n) is 7.47. The van der Waals surface area contributed by atoms with Gasteiger partial charge in [0.2, 0.25) is 0 Å². The van der Waals surface area contributed by atoms with E-state index in [1.807, 2.05) is 26.8 Å². The molecule has 0 aromatic carbocycles. The third-order valence-electron chi connectivity index (χ3n) is 3.48. The third-order valence-corrected chi connectivity index (χ3v) is 3.48. The van der Waals surface area contributed by atoms with Crippen LogP contribution >= 0.6 is 0 Å². The van der Waals surface area contributed by atoms with E-state index in [-0.39, 0.29) is 6.09 Å². The van der Waals surface area contributed by atoms with E-state index < -0.39 is 5.60 Å². The van der Waals surface area contributed by atoms with E-state index in [0.29, 0.717) is 24.6 Å². The van der Waals surface area contributed by atoms with Crippen LogP contribution in [0.5, 0.6) is 0 Å². The lowest BCUT2D eigenvalue weighted by molar-refractivity contribution is 0.0240. The van der Waals surface area contributed by atoms with Gasteiger partial charge in [0.25, 0.3) is 0 Å². The predicted molar refractivity (Wildman–Crippen MR) is 88.2 cm³/mol. The minimum atomic E-state index is -0.467. The molecule has 0 unspecified atom stereocenters. The van der Waals surface area contributed by atoms with Crippen molar-refractivity contribution in [1.82, 2.24) is 9.88 Å². The Hall–Kier alpha value is -2.18. The van der Waals surface area contributed by atoms with Gasteiger partial charge in [0.05, 0.1) is 11.4 Å². The van der Waals surface area contributed by atoms with Crippen LogP contribution in [-0.2, 0) is 4.74 Å². The van der Waals surface area contributed by atoms with Gasteiger partial charge in [-0.1, -0.05) is 0 Å². The zero-order valence-electron chi connectivity index (χ0n) is 13.7. The second kappa shape index (κ2) is 6.29. The Labute approximate surface area is 131 Å². The summed E-state index contributed by atoms with van der Waals surface area (Å²) in [6.07, 6.45) is 1.48. The topological polar surface area (TPSA) is 83.7 Å². The summed E-state index contributed by atoms with van der Waals surface area (Å²) in [6.45, 7) is 8.29. The van der Waals surface area contributed by atoms with Gasteiger partial charge >= 0.3 is 6.09 Å². The van der Waals surface area contributed by atoms with Crippen molar-refractivity contribution in [2.24, 2.45) is 0 Å². The zero-order chi connectivity index (χ0) is 16.3. The van der Waals surface area contributed by atoms with E-state index in [1.165, 1.54) is 0 Å². The smallest absolute Gasteiger partial charge is 0.410 e. The number of anilines is 3. The number of hydrogen-bond acceptors (Lipinski definition) is 6. The van der Waals surface area contributed by atoms with Crippen molar-refractivity contribution >= 4 is 23.3 Å². The molecule has 0 bridgehead atoms. The molecule has 1 aliphatic heterocycles. The van der Waals surface area contributed by atoms with E-state index >= 15 is 0 Å². The van der Waals surface area contributed by atoms with Gasteiger partial charge in [-0.2, -0.15) is 0 Å². The highest BCUT2D eigenvalue weighted by molar-refractivity contribution is 5.78. The maximum Gasteiger partial charge on any atom is 0.410 e. The number of ether oxygens (including phenoxy) is 1. The highest BCUT2D eigenvalue weighted by Gasteiger charge is 2.26. The summed E-state index contributed by atoms with van der Waals surface area (Å²) in [5, 5.41) is 2.98. The van der Waals surface area contributed by atoms with Crippen LogP contribution in [-0.4, -0.2) is 54.8 Å². The van der Waals surface area contributed by atoms with Crippen molar-refractivity contribution in [3.8, 4) is 0 Å². The number of aromatic nitrogens is 1. The second-order valence-electron chi connectivity index (χ2n) is 6.30. The number of nitrogens with zero attached hydrogens (tertiary/aromatic N) is 3. The van der Waals surface area contributed by atoms with E-state index in [9.17, 15) is 4.79 Å². The van der Waals surface area contributed by atoms with Gasteiger partial charge < -0.3 is 25.6 Å². The Bertz CT molecular complexity index is 533. The first-order chi connectivity index (χ1) is 10.3. The number of carbonyl (C=O) groups is 1. The lowest BCUT2D eigenvalue weighted by Gasteiger charge is -2.37. The van der Waals surface area contributed by atoms with Gasteiger partial charge in [-0.05, 0) is 26.8 Å². The predicted octanol–water partition coefficient (Wildman–Crippen LogP) is 1.76. The van der Waals surface area contributed by atoms with Crippen molar-refractivity contribution in [3.63, 3.8) is 0 Å². The molecule has 0 radical (unpaired) electrons. The number of nitrogens with two attached hydrogens (primary N) is 1. The Balaban J connectivity index is 1.99. The van der Waals surface area contributed by atoms with Crippen molar-refractivity contribution in [3.05, 3.63) is 12.3 Å². The minimum Gasteiger partial charge on any atom is -0.444 e. The summed E-state index contributed by atoms with van der Waals surface area (Å²) in [5.74, 6) is 0.673. The molecule has 22 heavy (non-hydrogen) atoms. The molecule has 3 N–H and O–H groups in total. The minimum absolute atomic E-state index is 0.259. The monoisotopic (exact) mass is 307 g/mol. The van der Waals surface area contributed by atoms with E-state index in [1.54, 1.807) is 18.1 Å². The van der Waals surface area contributed by atoms with Gasteiger partial charge in [0.15, 0.2) is 5.82 Å². The molecule has 0 spiro atoms. The van der Waals surface area contributed by atoms with Crippen molar-refractivity contribution < 1.29 is 9.53 Å². The van der Waals surface area contributed by atoms with Crippen molar-refractivity contribution in [1.29, 1.82) is 0 Å². The van der Waals surface area contributed by atoms with Gasteiger partial charge in [-0.25, -0.2) is 9.78 Å². The molecule has 1 saturated heterocycles. The number of piperazine rings is 1. The standard InChI is InChI=1S/C15H25N5O2/c1-15(2,3)22-14(21)20-9-7-19(8-10-20)11-5-6-18-13(17-4)12(11)16/h5-6H,7-10,16H2,1-4H3,(H,17,18). The average Bonchev–Trinajstić information content (AvgIpc) is 2.46. The highest BCUT2D eigenvalue weighted by Crippen LogP contribution is 2.29. The van der Waals surface area contributed by atoms with E-state index in [2.05, 4.69) is 15.2 Å². The number of hydrogen-bond donors (Lipinski definition) is 2. The van der Waals surface area contributed by atoms with Crippen LogP contribution in [0, 0.1) is 0 Å². The molecule has 122 valence electrons. The molecule has 1 fully saturated rings. The molecule has 2 rings (SSSR count). The molecule has 1 aliphatic rings. The van der Waals surface area contributed by atoms with Crippen molar-refractivity contribution in [2.75, 3.05) is 49.2 Å². The van der Waals surface area contributed by atoms with Crippen LogP contribution in [0.4, 0.5) is 22.0 Å². The lowest BCUT2D eigenvalue weighted by Crippen LogP contribution is -2.50. The van der Waals surface area contributed by atoms with E-state index in [0.717, 1.165) is 18.8 Å². The van der Waals surface area contributed by atoms with Crippen LogP contribution in [0.1, 0.15) is 20.8 Å². The average molecular weight is 307 g/mol. The van der Waals surface area contributed by atoms with Crippen LogP contribution in [0.3, 0.4) is 0 Å². The number of nitrogens with one attached hydrogen (secondary N) is 1. The summed E-state index contributed by atoms with van der Waals surface area (Å²) in [4.78, 5) is 20.2. The summed E-state index contributed by atoms with van der Waals surface area (Å²) < 4.78 is 5.40. The normalized spacial score (nSPS) is 15.6. The zero-order valence-corrected chi connectivity index (χ0v) is 13.7. The van der Waals surface area contributed by atoms with Gasteiger partial charge in [-0.3, -0.25) is 0 Å². The SMILES string of the molecule is CNc1nccc(N2CCN(C(=O)OC(C)(C)C)CC2)c1N. The van der Waals surface area contributed by atoms with E-state index in [4.69, 9.17) is 10.5 Å². The number of pyridine rings is 1. The molecule has 0 atom stereocenters. The second-order valence-corrected chi connectivity index (χ2v) is 6.30. The Morgan fingerprint density at radius 3 is 2.50 bits per heavy atom. The number of nitrogen functional groups attached to an aromatic ring is 1. The molecule has 2 heterocycles. The quantitative estimate of drug-likeness (QED) is 0.866. The molecule has 1 aromatic rings. The molecule has 7 nitrogen and oxygen atoms in total. The van der Waals surface area contributed by atoms with Crippen LogP contribution < -0.4 is 16.0 Å². The summed E-state index contributed by atoms with van der Waals surface area (Å²) >= 11 is 0. The molecule has 1 amide bonds. The van der Waals surface area contributed by atoms with Crippen molar-refractivity contribution in [2.45, 2.75) is 26.4 Å². The third kappa shape index (κ3) is 3.72. The molecular formula is C15H25N5O2. The lowest BCUT2D eigenvalue weighted by atomic mass is 10.2. The Morgan fingerprint density at radius 1 is 1.32 bits per heavy atom. The van der Waals surface area contributed by atoms with Crippen LogP contribution in [0.25, 0.3) is 0 Å². The largest absolute Gasteiger partial charge is 0.444 e. The molecule has 7 heteroatoms. The summed E-state index contributed by atoms with van der Waals surface area (Å²) in [6, 6.07) is 1.90. The first kappa shape index (κ1) is 16.2. The van der Waals surface area contributed by atoms with Gasteiger partial charge in [-0.15, -0.1) is 0 Å². The maximum absolute atomic E-state index is 12.1. The van der Waals surface area contributed by atoms with Gasteiger partial charge in [0.1, 0.15) is 5.60 Å². The van der Waals surface area contributed by atoms with Crippen LogP contribution in [0.15, 0.2) is 12.3 Å². The van der Waals surface area contributed by atoms with Crippen LogP contribution in [0.2, 0.25) is 0 Å². The summed E-state index contributed by atoms with van der Waals surface area (Å²) in [7, 11) is 1.79. The Kier molecular flexibility index (Phi) is 4.63. The van der Waals surface area contributed by atoms with Gasteiger partial charge in [0, 0.05) is 39.4 Å². The number of carbonyl (C=O) groups excluding carboxylic acids is 1. The maximum atomic E-state index is 12.1. The molecular weight excluding hydrogens is 282 g/mol. The first-order valence-corrected chi connectivity index (χ1v) is 7.47. The summed E-state index contributed by atoms with van der Waals surface area (Å²) in [5.41, 5.74) is 7.25.